The van der Waals surface area contributed by atoms with Gasteiger partial charge in [0.2, 0.25) is 5.96 Å². The van der Waals surface area contributed by atoms with E-state index in [1.54, 1.807) is 0 Å². The second kappa shape index (κ2) is 21.7. The summed E-state index contributed by atoms with van der Waals surface area (Å²) >= 11 is 0. The Morgan fingerprint density at radius 2 is 1.21 bits per heavy atom. The average molecular weight is 470 g/mol. The molecule has 0 bridgehead atoms. The van der Waals surface area contributed by atoms with Crippen LogP contribution >= 0.6 is 0 Å². The second-order valence-corrected chi connectivity index (χ2v) is 8.63. The van der Waals surface area contributed by atoms with E-state index < -0.39 is 18.0 Å². The fourth-order valence-corrected chi connectivity index (χ4v) is 3.32. The van der Waals surface area contributed by atoms with Crippen molar-refractivity contribution in [2.45, 2.75) is 117 Å². The third-order valence-electron chi connectivity index (χ3n) is 5.40. The summed E-state index contributed by atoms with van der Waals surface area (Å²) < 4.78 is 9.81. The van der Waals surface area contributed by atoms with Crippen molar-refractivity contribution in [2.75, 3.05) is 20.2 Å². The van der Waals surface area contributed by atoms with Gasteiger partial charge in [-0.05, 0) is 12.8 Å². The van der Waals surface area contributed by atoms with Gasteiger partial charge >= 0.3 is 18.0 Å². The predicted molar refractivity (Wildman–Crippen MR) is 132 cm³/mol. The van der Waals surface area contributed by atoms with Gasteiger partial charge in [-0.2, -0.15) is 0 Å². The van der Waals surface area contributed by atoms with Crippen LogP contribution in [0.25, 0.3) is 0 Å². The van der Waals surface area contributed by atoms with Crippen LogP contribution in [0.5, 0.6) is 0 Å². The molecule has 0 radical (unpaired) electrons. The molecule has 0 atom stereocenters. The average Bonchev–Trinajstić information content (AvgIpc) is 2.77. The largest absolute Gasteiger partial charge is 0.448 e. The van der Waals surface area contributed by atoms with Crippen LogP contribution in [0.3, 0.4) is 0 Å². The van der Waals surface area contributed by atoms with Crippen molar-refractivity contribution in [1.82, 2.24) is 4.90 Å². The Bertz CT molecular complexity index is 566. The fraction of sp³-hybridized carbons (Fsp3) is 0.840. The van der Waals surface area contributed by atoms with E-state index in [2.05, 4.69) is 18.8 Å². The molecule has 0 saturated carbocycles. The van der Waals surface area contributed by atoms with Crippen molar-refractivity contribution in [2.24, 2.45) is 10.7 Å². The molecule has 8 heteroatoms. The van der Waals surface area contributed by atoms with Gasteiger partial charge < -0.3 is 20.1 Å². The molecule has 0 aromatic rings. The highest BCUT2D eigenvalue weighted by molar-refractivity contribution is 5.92. The molecular formula is C25H47N3O5. The summed E-state index contributed by atoms with van der Waals surface area (Å²) in [5.74, 6) is -1.42. The molecule has 0 aliphatic rings. The molecule has 2 N–H and O–H groups in total. The molecule has 1 amide bonds. The van der Waals surface area contributed by atoms with Gasteiger partial charge in [-0.1, -0.05) is 97.3 Å². The summed E-state index contributed by atoms with van der Waals surface area (Å²) in [5, 5.41) is 0. The number of hydrogen-bond acceptors (Lipinski definition) is 5. The number of likely N-dealkylation sites (N-methyl/N-ethyl adjacent to an activating group) is 1. The smallest absolute Gasteiger partial charge is 0.436 e. The number of amides is 1. The quantitative estimate of drug-likeness (QED) is 0.0846. The maximum atomic E-state index is 11.9. The number of carbonyl (C=O) groups is 3. The van der Waals surface area contributed by atoms with Gasteiger partial charge in [-0.25, -0.2) is 9.59 Å². The number of carbonyl (C=O) groups excluding carboxylic acids is 3. The van der Waals surface area contributed by atoms with Gasteiger partial charge in [-0.15, -0.1) is 4.99 Å². The number of unbranched alkanes of at least 4 members (excludes halogenated alkanes) is 13. The zero-order valence-electron chi connectivity index (χ0n) is 21.2. The molecule has 0 aromatic heterocycles. The number of aliphatic imine (C=N–C) groups is 1. The number of hydrogen-bond donors (Lipinski definition) is 1. The van der Waals surface area contributed by atoms with Crippen molar-refractivity contribution in [1.29, 1.82) is 0 Å². The highest BCUT2D eigenvalue weighted by atomic mass is 16.6. The van der Waals surface area contributed by atoms with Crippen LogP contribution in [-0.4, -0.2) is 49.1 Å². The number of nitrogens with zero attached hydrogens (tertiary/aromatic N) is 2. The first-order valence-electron chi connectivity index (χ1n) is 12.9. The summed E-state index contributed by atoms with van der Waals surface area (Å²) in [4.78, 5) is 40.3. The highest BCUT2D eigenvalue weighted by Crippen LogP contribution is 2.12. The standard InChI is InChI=1S/C25H47N3O5/c1-4-6-8-10-11-12-13-14-15-16-17-19-22(29)33-23(30)21-28(3)24(26)27-25(31)32-20-18-9-7-5-2/h4-21H2,1-3H3,(H2,26,27,31). The van der Waals surface area contributed by atoms with E-state index in [1.807, 2.05) is 0 Å². The number of nitrogens with two attached hydrogens (primary N) is 1. The molecule has 0 unspecified atom stereocenters. The summed E-state index contributed by atoms with van der Waals surface area (Å²) in [6, 6.07) is 0. The van der Waals surface area contributed by atoms with Gasteiger partial charge in [0.25, 0.3) is 0 Å². The molecule has 0 saturated heterocycles. The minimum absolute atomic E-state index is 0.164. The summed E-state index contributed by atoms with van der Waals surface area (Å²) in [7, 11) is 1.49. The molecule has 0 spiro atoms. The van der Waals surface area contributed by atoms with E-state index >= 15 is 0 Å². The SMILES string of the molecule is CCCCCCCCCCCCCC(=O)OC(=O)CN(C)/C(N)=N/C(=O)OCCCCCC. The topological polar surface area (TPSA) is 111 Å². The van der Waals surface area contributed by atoms with Crippen LogP contribution in [0.4, 0.5) is 4.79 Å². The third-order valence-corrected chi connectivity index (χ3v) is 5.40. The van der Waals surface area contributed by atoms with Crippen molar-refractivity contribution in [3.63, 3.8) is 0 Å². The first kappa shape index (κ1) is 30.9. The minimum atomic E-state index is -0.795. The first-order chi connectivity index (χ1) is 15.9. The van der Waals surface area contributed by atoms with Crippen LogP contribution < -0.4 is 5.73 Å². The van der Waals surface area contributed by atoms with Gasteiger partial charge in [0.1, 0.15) is 6.54 Å². The van der Waals surface area contributed by atoms with E-state index in [1.165, 1.54) is 63.3 Å². The van der Waals surface area contributed by atoms with Gasteiger partial charge in [0.15, 0.2) is 0 Å². The first-order valence-corrected chi connectivity index (χ1v) is 12.9. The summed E-state index contributed by atoms with van der Waals surface area (Å²) in [6.45, 7) is 4.34. The van der Waals surface area contributed by atoms with Crippen LogP contribution in [0.15, 0.2) is 4.99 Å². The Kier molecular flexibility index (Phi) is 20.3. The van der Waals surface area contributed by atoms with Crippen LogP contribution in [0, 0.1) is 0 Å². The van der Waals surface area contributed by atoms with Crippen molar-refractivity contribution in [3.05, 3.63) is 0 Å². The van der Waals surface area contributed by atoms with Gasteiger partial charge in [0, 0.05) is 13.5 Å². The van der Waals surface area contributed by atoms with E-state index in [-0.39, 0.29) is 25.5 Å². The fourth-order valence-electron chi connectivity index (χ4n) is 3.32. The normalized spacial score (nSPS) is 11.3. The zero-order chi connectivity index (χ0) is 24.7. The Hall–Kier alpha value is -2.12. The monoisotopic (exact) mass is 469 g/mol. The lowest BCUT2D eigenvalue weighted by Crippen LogP contribution is -2.39. The van der Waals surface area contributed by atoms with E-state index in [9.17, 15) is 14.4 Å². The van der Waals surface area contributed by atoms with E-state index in [4.69, 9.17) is 15.2 Å². The van der Waals surface area contributed by atoms with E-state index in [0.29, 0.717) is 6.42 Å². The molecule has 0 aliphatic heterocycles. The molecule has 0 aromatic carbocycles. The van der Waals surface area contributed by atoms with Gasteiger partial charge in [-0.3, -0.25) is 4.79 Å². The number of ether oxygens (including phenoxy) is 2. The zero-order valence-corrected chi connectivity index (χ0v) is 21.2. The maximum absolute atomic E-state index is 11.9. The summed E-state index contributed by atoms with van der Waals surface area (Å²) in [5.41, 5.74) is 5.71. The Labute approximate surface area is 200 Å². The Morgan fingerprint density at radius 1 is 0.727 bits per heavy atom. The van der Waals surface area contributed by atoms with Crippen molar-refractivity contribution in [3.8, 4) is 0 Å². The molecule has 8 nitrogen and oxygen atoms in total. The van der Waals surface area contributed by atoms with Crippen LogP contribution in [0.1, 0.15) is 117 Å². The lowest BCUT2D eigenvalue weighted by Gasteiger charge is -2.16. The molecular weight excluding hydrogens is 422 g/mol. The Balaban J connectivity index is 3.84. The van der Waals surface area contributed by atoms with Crippen molar-refractivity contribution < 1.29 is 23.9 Å². The maximum Gasteiger partial charge on any atom is 0.436 e. The van der Waals surface area contributed by atoms with Gasteiger partial charge in [0.05, 0.1) is 6.61 Å². The third kappa shape index (κ3) is 20.2. The highest BCUT2D eigenvalue weighted by Gasteiger charge is 2.15. The molecule has 0 rings (SSSR count). The van der Waals surface area contributed by atoms with Crippen LogP contribution in [0.2, 0.25) is 0 Å². The number of guanidine groups is 1. The molecule has 192 valence electrons. The molecule has 0 heterocycles. The Morgan fingerprint density at radius 3 is 1.76 bits per heavy atom. The predicted octanol–water partition coefficient (Wildman–Crippen LogP) is 5.72. The van der Waals surface area contributed by atoms with Crippen molar-refractivity contribution >= 4 is 24.0 Å². The molecule has 0 aliphatic carbocycles. The number of esters is 2. The molecule has 0 fully saturated rings. The summed E-state index contributed by atoms with van der Waals surface area (Å²) in [6.07, 6.45) is 16.5. The lowest BCUT2D eigenvalue weighted by atomic mass is 10.1. The molecule has 33 heavy (non-hydrogen) atoms. The second-order valence-electron chi connectivity index (χ2n) is 8.63. The van der Waals surface area contributed by atoms with E-state index in [0.717, 1.165) is 38.5 Å². The van der Waals surface area contributed by atoms with Crippen LogP contribution in [-0.2, 0) is 19.1 Å². The lowest BCUT2D eigenvalue weighted by molar-refractivity contribution is -0.159. The minimum Gasteiger partial charge on any atom is -0.448 e. The number of rotatable bonds is 19.